The number of rotatable bonds is 6. The molecule has 1 aliphatic rings. The van der Waals surface area contributed by atoms with Gasteiger partial charge in [-0.05, 0) is 36.5 Å². The zero-order chi connectivity index (χ0) is 15.9. The van der Waals surface area contributed by atoms with Crippen LogP contribution in [0.3, 0.4) is 0 Å². The van der Waals surface area contributed by atoms with Gasteiger partial charge in [0, 0.05) is 20.2 Å². The number of carbonyl (C=O) groups excluding carboxylic acids is 1. The van der Waals surface area contributed by atoms with Gasteiger partial charge in [-0.15, -0.1) is 0 Å². The van der Waals surface area contributed by atoms with E-state index in [1.54, 1.807) is 21.3 Å². The summed E-state index contributed by atoms with van der Waals surface area (Å²) in [5.41, 5.74) is 0.941. The van der Waals surface area contributed by atoms with Crippen molar-refractivity contribution >= 4 is 5.91 Å². The van der Waals surface area contributed by atoms with Crippen molar-refractivity contribution < 1.29 is 19.0 Å². The second kappa shape index (κ2) is 8.03. The predicted octanol–water partition coefficient (Wildman–Crippen LogP) is 2.13. The molecule has 122 valence electrons. The maximum atomic E-state index is 12.5. The Bertz CT molecular complexity index is 501. The first-order chi connectivity index (χ1) is 10.7. The minimum absolute atomic E-state index is 0.160. The van der Waals surface area contributed by atoms with Crippen LogP contribution in [0.4, 0.5) is 0 Å². The minimum Gasteiger partial charge on any atom is -0.493 e. The van der Waals surface area contributed by atoms with Gasteiger partial charge in [-0.3, -0.25) is 4.79 Å². The smallest absolute Gasteiger partial charge is 0.227 e. The summed E-state index contributed by atoms with van der Waals surface area (Å²) in [6.07, 6.45) is 2.57. The van der Waals surface area contributed by atoms with E-state index in [0.29, 0.717) is 23.8 Å². The number of benzene rings is 1. The quantitative estimate of drug-likeness (QED) is 0.808. The fraction of sp³-hybridized carbons (Fsp3) is 0.588. The molecule has 1 aliphatic heterocycles. The Balaban J connectivity index is 1.99. The average Bonchev–Trinajstić information content (AvgIpc) is 2.55. The monoisotopic (exact) mass is 307 g/mol. The van der Waals surface area contributed by atoms with E-state index in [2.05, 4.69) is 0 Å². The summed E-state index contributed by atoms with van der Waals surface area (Å²) in [7, 11) is 4.92. The molecule has 5 heteroatoms. The molecule has 1 unspecified atom stereocenters. The Labute approximate surface area is 132 Å². The van der Waals surface area contributed by atoms with Gasteiger partial charge in [0.2, 0.25) is 5.91 Å². The van der Waals surface area contributed by atoms with Crippen molar-refractivity contribution in [2.45, 2.75) is 19.3 Å². The predicted molar refractivity (Wildman–Crippen MR) is 84.4 cm³/mol. The average molecular weight is 307 g/mol. The molecule has 0 N–H and O–H groups in total. The summed E-state index contributed by atoms with van der Waals surface area (Å²) in [6, 6.07) is 5.62. The van der Waals surface area contributed by atoms with Crippen molar-refractivity contribution in [1.82, 2.24) is 4.90 Å². The van der Waals surface area contributed by atoms with Crippen LogP contribution in [0.2, 0.25) is 0 Å². The van der Waals surface area contributed by atoms with E-state index in [0.717, 1.165) is 38.1 Å². The number of amides is 1. The molecular formula is C17H25NO4. The van der Waals surface area contributed by atoms with Gasteiger partial charge in [0.1, 0.15) is 0 Å². The second-order valence-corrected chi connectivity index (χ2v) is 5.67. The Morgan fingerprint density at radius 3 is 2.68 bits per heavy atom. The van der Waals surface area contributed by atoms with Crippen LogP contribution in [0.25, 0.3) is 0 Å². The largest absolute Gasteiger partial charge is 0.493 e. The Kier molecular flexibility index (Phi) is 6.07. The van der Waals surface area contributed by atoms with Crippen LogP contribution in [0.1, 0.15) is 18.4 Å². The molecule has 1 amide bonds. The molecule has 5 nitrogen and oxygen atoms in total. The molecule has 1 heterocycles. The third-order valence-corrected chi connectivity index (χ3v) is 4.08. The molecule has 0 saturated carbocycles. The van der Waals surface area contributed by atoms with Gasteiger partial charge in [0.15, 0.2) is 11.5 Å². The number of ether oxygens (including phenoxy) is 3. The molecule has 22 heavy (non-hydrogen) atoms. The lowest BCUT2D eigenvalue weighted by Crippen LogP contribution is -2.41. The molecule has 0 radical (unpaired) electrons. The first-order valence-corrected chi connectivity index (χ1v) is 7.65. The number of hydrogen-bond donors (Lipinski definition) is 0. The fourth-order valence-electron chi connectivity index (χ4n) is 2.94. The standard InChI is InChI=1S/C17H25NO4/c1-20-12-14-5-4-8-18(11-14)17(19)10-13-6-7-15(21-2)16(9-13)22-3/h6-7,9,14H,4-5,8,10-12H2,1-3H3. The summed E-state index contributed by atoms with van der Waals surface area (Å²) in [4.78, 5) is 14.4. The van der Waals surface area contributed by atoms with Gasteiger partial charge < -0.3 is 19.1 Å². The molecule has 1 saturated heterocycles. The van der Waals surface area contributed by atoms with E-state index >= 15 is 0 Å². The van der Waals surface area contributed by atoms with Crippen LogP contribution in [0, 0.1) is 5.92 Å². The highest BCUT2D eigenvalue weighted by atomic mass is 16.5. The lowest BCUT2D eigenvalue weighted by molar-refractivity contribution is -0.132. The van der Waals surface area contributed by atoms with Crippen molar-refractivity contribution in [2.24, 2.45) is 5.92 Å². The maximum absolute atomic E-state index is 12.5. The SMILES string of the molecule is COCC1CCCN(C(=O)Cc2ccc(OC)c(OC)c2)C1. The Hall–Kier alpha value is -1.75. The second-order valence-electron chi connectivity index (χ2n) is 5.67. The third kappa shape index (κ3) is 4.13. The lowest BCUT2D eigenvalue weighted by Gasteiger charge is -2.32. The number of likely N-dealkylation sites (tertiary alicyclic amines) is 1. The van der Waals surface area contributed by atoms with Gasteiger partial charge >= 0.3 is 0 Å². The summed E-state index contributed by atoms with van der Waals surface area (Å²) < 4.78 is 15.7. The van der Waals surface area contributed by atoms with Gasteiger partial charge in [-0.1, -0.05) is 6.07 Å². The molecule has 0 aliphatic carbocycles. The van der Waals surface area contributed by atoms with E-state index in [1.165, 1.54) is 0 Å². The molecule has 0 aromatic heterocycles. The fourth-order valence-corrected chi connectivity index (χ4v) is 2.94. The van der Waals surface area contributed by atoms with Gasteiger partial charge in [0.25, 0.3) is 0 Å². The summed E-state index contributed by atoms with van der Waals surface area (Å²) in [5.74, 6) is 1.95. The van der Waals surface area contributed by atoms with Crippen LogP contribution in [0.15, 0.2) is 18.2 Å². The van der Waals surface area contributed by atoms with Crippen LogP contribution < -0.4 is 9.47 Å². The van der Waals surface area contributed by atoms with E-state index in [4.69, 9.17) is 14.2 Å². The first-order valence-electron chi connectivity index (χ1n) is 7.65. The molecule has 1 atom stereocenters. The van der Waals surface area contributed by atoms with Crippen molar-refractivity contribution in [3.8, 4) is 11.5 Å². The van der Waals surface area contributed by atoms with Gasteiger partial charge in [0.05, 0.1) is 27.2 Å². The first kappa shape index (κ1) is 16.6. The number of piperidine rings is 1. The van der Waals surface area contributed by atoms with E-state index in [1.807, 2.05) is 23.1 Å². The van der Waals surface area contributed by atoms with Crippen molar-refractivity contribution in [2.75, 3.05) is 41.0 Å². The highest BCUT2D eigenvalue weighted by Gasteiger charge is 2.23. The molecule has 1 aromatic rings. The third-order valence-electron chi connectivity index (χ3n) is 4.08. The van der Waals surface area contributed by atoms with Crippen LogP contribution >= 0.6 is 0 Å². The van der Waals surface area contributed by atoms with Gasteiger partial charge in [-0.2, -0.15) is 0 Å². The zero-order valence-electron chi connectivity index (χ0n) is 13.6. The molecule has 1 fully saturated rings. The van der Waals surface area contributed by atoms with Crippen LogP contribution in [-0.4, -0.2) is 51.8 Å². The Morgan fingerprint density at radius 1 is 1.23 bits per heavy atom. The normalized spacial score (nSPS) is 18.1. The highest BCUT2D eigenvalue weighted by molar-refractivity contribution is 5.79. The summed E-state index contributed by atoms with van der Waals surface area (Å²) in [6.45, 7) is 2.35. The summed E-state index contributed by atoms with van der Waals surface area (Å²) in [5, 5.41) is 0. The number of nitrogens with zero attached hydrogens (tertiary/aromatic N) is 1. The molecule has 2 rings (SSSR count). The number of carbonyl (C=O) groups is 1. The van der Waals surface area contributed by atoms with Crippen LogP contribution in [-0.2, 0) is 16.0 Å². The van der Waals surface area contributed by atoms with Crippen molar-refractivity contribution in [1.29, 1.82) is 0 Å². The number of methoxy groups -OCH3 is 3. The van der Waals surface area contributed by atoms with E-state index in [-0.39, 0.29) is 5.91 Å². The lowest BCUT2D eigenvalue weighted by atomic mass is 9.98. The molecule has 1 aromatic carbocycles. The molecule has 0 bridgehead atoms. The topological polar surface area (TPSA) is 48.0 Å². The number of hydrogen-bond acceptors (Lipinski definition) is 4. The highest BCUT2D eigenvalue weighted by Crippen LogP contribution is 2.28. The summed E-state index contributed by atoms with van der Waals surface area (Å²) >= 11 is 0. The van der Waals surface area contributed by atoms with Crippen molar-refractivity contribution in [3.05, 3.63) is 23.8 Å². The van der Waals surface area contributed by atoms with Crippen molar-refractivity contribution in [3.63, 3.8) is 0 Å². The molecular weight excluding hydrogens is 282 g/mol. The zero-order valence-corrected chi connectivity index (χ0v) is 13.6. The van der Waals surface area contributed by atoms with Gasteiger partial charge in [-0.25, -0.2) is 0 Å². The maximum Gasteiger partial charge on any atom is 0.227 e. The minimum atomic E-state index is 0.160. The van der Waals surface area contributed by atoms with E-state index in [9.17, 15) is 4.79 Å². The Morgan fingerprint density at radius 2 is 2.00 bits per heavy atom. The van der Waals surface area contributed by atoms with E-state index < -0.39 is 0 Å². The van der Waals surface area contributed by atoms with Crippen LogP contribution in [0.5, 0.6) is 11.5 Å². The molecule has 0 spiro atoms.